The average molecular weight is 309 g/mol. The number of amides is 1. The number of carbonyl (C=O) groups is 1. The highest BCUT2D eigenvalue weighted by Crippen LogP contribution is 2.32. The highest BCUT2D eigenvalue weighted by atomic mass is 35.5. The Balaban J connectivity index is 0.00000161. The summed E-state index contributed by atoms with van der Waals surface area (Å²) in [6.07, 6.45) is 4.46. The van der Waals surface area contributed by atoms with Crippen molar-refractivity contribution in [2.75, 3.05) is 13.1 Å². The normalized spacial score (nSPS) is 29.0. The Hall–Kier alpha value is -1.06. The third kappa shape index (κ3) is 3.58. The third-order valence-electron chi connectivity index (χ3n) is 4.74. The van der Waals surface area contributed by atoms with E-state index in [2.05, 4.69) is 47.5 Å². The van der Waals surface area contributed by atoms with Crippen molar-refractivity contribution < 1.29 is 4.79 Å². The van der Waals surface area contributed by atoms with Crippen LogP contribution in [0, 0.1) is 0 Å². The fourth-order valence-electron chi connectivity index (χ4n) is 3.57. The van der Waals surface area contributed by atoms with Gasteiger partial charge < -0.3 is 10.2 Å². The molecule has 2 aliphatic rings. The van der Waals surface area contributed by atoms with Crippen LogP contribution in [0.25, 0.3) is 0 Å². The van der Waals surface area contributed by atoms with Crippen molar-refractivity contribution in [1.29, 1.82) is 0 Å². The van der Waals surface area contributed by atoms with E-state index in [1.54, 1.807) is 0 Å². The number of piperidine rings is 1. The number of nitrogens with zero attached hydrogens (tertiary/aromatic N) is 1. The lowest BCUT2D eigenvalue weighted by atomic mass is 9.97. The van der Waals surface area contributed by atoms with E-state index in [9.17, 15) is 4.79 Å². The Morgan fingerprint density at radius 2 is 2.00 bits per heavy atom. The molecule has 2 aliphatic heterocycles. The smallest absolute Gasteiger partial charge is 0.239 e. The van der Waals surface area contributed by atoms with Crippen LogP contribution in [0.1, 0.15) is 44.1 Å². The molecule has 3 atom stereocenters. The molecule has 0 aromatic heterocycles. The van der Waals surface area contributed by atoms with Gasteiger partial charge in [-0.05, 0) is 38.3 Å². The number of hydrogen-bond donors (Lipinski definition) is 1. The van der Waals surface area contributed by atoms with Gasteiger partial charge in [0.25, 0.3) is 0 Å². The van der Waals surface area contributed by atoms with E-state index in [1.165, 1.54) is 18.4 Å². The van der Waals surface area contributed by atoms with Gasteiger partial charge in [-0.1, -0.05) is 36.8 Å². The van der Waals surface area contributed by atoms with Crippen LogP contribution in [0.2, 0.25) is 0 Å². The van der Waals surface area contributed by atoms with Crippen LogP contribution in [0.5, 0.6) is 0 Å². The first-order valence-corrected chi connectivity index (χ1v) is 7.84. The summed E-state index contributed by atoms with van der Waals surface area (Å²) in [5.74, 6) is 0.814. The zero-order valence-electron chi connectivity index (χ0n) is 12.6. The Morgan fingerprint density at radius 1 is 1.24 bits per heavy atom. The number of halogens is 1. The summed E-state index contributed by atoms with van der Waals surface area (Å²) < 4.78 is 0. The summed E-state index contributed by atoms with van der Waals surface area (Å²) in [5, 5.41) is 3.38. The highest BCUT2D eigenvalue weighted by Gasteiger charge is 2.36. The fraction of sp³-hybridized carbons (Fsp3) is 0.588. The summed E-state index contributed by atoms with van der Waals surface area (Å²) >= 11 is 0. The number of nitrogens with one attached hydrogen (secondary N) is 1. The molecule has 1 aromatic rings. The van der Waals surface area contributed by atoms with Crippen molar-refractivity contribution in [1.82, 2.24) is 10.2 Å². The molecule has 0 bridgehead atoms. The average Bonchev–Trinajstić information content (AvgIpc) is 2.90. The lowest BCUT2D eigenvalue weighted by molar-refractivity contribution is -0.134. The molecule has 3 unspecified atom stereocenters. The van der Waals surface area contributed by atoms with Crippen molar-refractivity contribution in [2.45, 2.75) is 50.6 Å². The van der Waals surface area contributed by atoms with Crippen molar-refractivity contribution >= 4 is 18.3 Å². The van der Waals surface area contributed by atoms with Crippen LogP contribution in [-0.2, 0) is 4.79 Å². The maximum atomic E-state index is 12.7. The molecule has 3 nitrogen and oxygen atoms in total. The molecule has 4 heteroatoms. The molecule has 3 rings (SSSR count). The van der Waals surface area contributed by atoms with Crippen LogP contribution >= 0.6 is 12.4 Å². The largest absolute Gasteiger partial charge is 0.338 e. The number of likely N-dealkylation sites (tertiary alicyclic amines) is 1. The molecular weight excluding hydrogens is 284 g/mol. The molecule has 2 fully saturated rings. The van der Waals surface area contributed by atoms with Gasteiger partial charge in [0.1, 0.15) is 0 Å². The van der Waals surface area contributed by atoms with E-state index in [0.717, 1.165) is 25.9 Å². The lowest BCUT2D eigenvalue weighted by Crippen LogP contribution is -2.49. The lowest BCUT2D eigenvalue weighted by Gasteiger charge is -2.29. The fourth-order valence-corrected chi connectivity index (χ4v) is 3.57. The molecular formula is C17H25ClN2O. The number of carbonyl (C=O) groups excluding carboxylic acids is 1. The molecule has 116 valence electrons. The van der Waals surface area contributed by atoms with Crippen LogP contribution in [-0.4, -0.2) is 36.0 Å². The minimum absolute atomic E-state index is 0. The second-order valence-corrected chi connectivity index (χ2v) is 6.19. The number of rotatable bonds is 2. The summed E-state index contributed by atoms with van der Waals surface area (Å²) in [6, 6.07) is 11.0. The van der Waals surface area contributed by atoms with Crippen molar-refractivity contribution in [2.24, 2.45) is 0 Å². The van der Waals surface area contributed by atoms with Gasteiger partial charge in [0, 0.05) is 18.5 Å². The first-order chi connectivity index (χ1) is 9.75. The molecule has 21 heavy (non-hydrogen) atoms. The zero-order valence-corrected chi connectivity index (χ0v) is 13.4. The SMILES string of the molecule is CC1CC(c2ccccc2)CN1C(=O)C1CCCCN1.Cl. The van der Waals surface area contributed by atoms with E-state index in [4.69, 9.17) is 0 Å². The summed E-state index contributed by atoms with van der Waals surface area (Å²) in [6.45, 7) is 4.05. The predicted molar refractivity (Wildman–Crippen MR) is 87.9 cm³/mol. The van der Waals surface area contributed by atoms with Crippen molar-refractivity contribution in [3.05, 3.63) is 35.9 Å². The molecule has 0 spiro atoms. The van der Waals surface area contributed by atoms with Crippen LogP contribution in [0.3, 0.4) is 0 Å². The van der Waals surface area contributed by atoms with E-state index >= 15 is 0 Å². The second kappa shape index (κ2) is 7.28. The molecule has 0 radical (unpaired) electrons. The molecule has 1 amide bonds. The van der Waals surface area contributed by atoms with Gasteiger partial charge in [-0.3, -0.25) is 4.79 Å². The van der Waals surface area contributed by atoms with E-state index < -0.39 is 0 Å². The van der Waals surface area contributed by atoms with Gasteiger partial charge in [0.05, 0.1) is 6.04 Å². The molecule has 1 N–H and O–H groups in total. The molecule has 2 saturated heterocycles. The Morgan fingerprint density at radius 3 is 2.67 bits per heavy atom. The second-order valence-electron chi connectivity index (χ2n) is 6.19. The first kappa shape index (κ1) is 16.3. The van der Waals surface area contributed by atoms with Gasteiger partial charge in [-0.25, -0.2) is 0 Å². The maximum Gasteiger partial charge on any atom is 0.239 e. The monoisotopic (exact) mass is 308 g/mol. The van der Waals surface area contributed by atoms with Gasteiger partial charge in [-0.2, -0.15) is 0 Å². The van der Waals surface area contributed by atoms with Crippen LogP contribution in [0.4, 0.5) is 0 Å². The third-order valence-corrected chi connectivity index (χ3v) is 4.74. The quantitative estimate of drug-likeness (QED) is 0.911. The van der Waals surface area contributed by atoms with Crippen LogP contribution < -0.4 is 5.32 Å². The Bertz CT molecular complexity index is 459. The van der Waals surface area contributed by atoms with Crippen molar-refractivity contribution in [3.8, 4) is 0 Å². The number of benzene rings is 1. The topological polar surface area (TPSA) is 32.3 Å². The number of hydrogen-bond acceptors (Lipinski definition) is 2. The van der Waals surface area contributed by atoms with Crippen LogP contribution in [0.15, 0.2) is 30.3 Å². The summed E-state index contributed by atoms with van der Waals surface area (Å²) in [4.78, 5) is 14.7. The maximum absolute atomic E-state index is 12.7. The van der Waals surface area contributed by atoms with E-state index in [-0.39, 0.29) is 18.4 Å². The summed E-state index contributed by atoms with van der Waals surface area (Å²) in [7, 11) is 0. The molecule has 2 heterocycles. The van der Waals surface area contributed by atoms with Crippen molar-refractivity contribution in [3.63, 3.8) is 0 Å². The van der Waals surface area contributed by atoms with Gasteiger partial charge >= 0.3 is 0 Å². The van der Waals surface area contributed by atoms with E-state index in [1.807, 2.05) is 0 Å². The molecule has 1 aromatic carbocycles. The minimum atomic E-state index is 0. The van der Waals surface area contributed by atoms with Gasteiger partial charge in [-0.15, -0.1) is 12.4 Å². The van der Waals surface area contributed by atoms with E-state index in [0.29, 0.717) is 17.9 Å². The summed E-state index contributed by atoms with van der Waals surface area (Å²) in [5.41, 5.74) is 1.37. The Kier molecular flexibility index (Phi) is 5.65. The minimum Gasteiger partial charge on any atom is -0.338 e. The Labute approximate surface area is 133 Å². The highest BCUT2D eigenvalue weighted by molar-refractivity contribution is 5.85. The zero-order chi connectivity index (χ0) is 13.9. The standard InChI is InChI=1S/C17H24N2O.ClH/c1-13-11-15(14-7-3-2-4-8-14)12-19(13)17(20)16-9-5-6-10-18-16;/h2-4,7-8,13,15-16,18H,5-6,9-12H2,1H3;1H. The molecule has 0 aliphatic carbocycles. The van der Waals surface area contributed by atoms with Gasteiger partial charge in [0.2, 0.25) is 5.91 Å². The predicted octanol–water partition coefficient (Wildman–Crippen LogP) is 2.95. The van der Waals surface area contributed by atoms with Gasteiger partial charge in [0.15, 0.2) is 0 Å². The first-order valence-electron chi connectivity index (χ1n) is 7.84. The molecule has 0 saturated carbocycles.